The molecule has 1 aliphatic heterocycles. The largest absolute Gasteiger partial charge is 0.329 e. The highest BCUT2D eigenvalue weighted by Gasteiger charge is 2.31. The van der Waals surface area contributed by atoms with Crippen LogP contribution in [0.5, 0.6) is 0 Å². The maximum atomic E-state index is 13.0. The van der Waals surface area contributed by atoms with Crippen LogP contribution in [-0.2, 0) is 6.54 Å². The first kappa shape index (κ1) is 15.3. The zero-order valence-electron chi connectivity index (χ0n) is 14.1. The third-order valence-corrected chi connectivity index (χ3v) is 5.53. The van der Waals surface area contributed by atoms with E-state index in [1.165, 1.54) is 0 Å². The van der Waals surface area contributed by atoms with Crippen LogP contribution in [0.2, 0.25) is 0 Å². The van der Waals surface area contributed by atoms with E-state index < -0.39 is 0 Å². The zero-order valence-corrected chi connectivity index (χ0v) is 14.9. The van der Waals surface area contributed by atoms with Crippen LogP contribution in [0.25, 0.3) is 10.1 Å². The molecule has 3 heterocycles. The Bertz CT molecular complexity index is 911. The summed E-state index contributed by atoms with van der Waals surface area (Å²) < 4.78 is 3.34. The van der Waals surface area contributed by atoms with Crippen molar-refractivity contribution in [1.29, 1.82) is 0 Å². The van der Waals surface area contributed by atoms with Crippen LogP contribution in [0.4, 0.5) is 0 Å². The second-order valence-corrected chi connectivity index (χ2v) is 7.59. The van der Waals surface area contributed by atoms with Gasteiger partial charge in [0.05, 0.1) is 18.2 Å². The normalized spacial score (nSPS) is 17.5. The van der Waals surface area contributed by atoms with E-state index in [0.717, 1.165) is 27.3 Å². The predicted octanol–water partition coefficient (Wildman–Crippen LogP) is 3.83. The fourth-order valence-corrected chi connectivity index (χ4v) is 4.36. The van der Waals surface area contributed by atoms with E-state index in [-0.39, 0.29) is 11.9 Å². The Morgan fingerprint density at radius 1 is 1.29 bits per heavy atom. The number of rotatable bonds is 2. The van der Waals surface area contributed by atoms with Crippen LogP contribution in [-0.4, -0.2) is 32.1 Å². The molecule has 0 saturated carbocycles. The van der Waals surface area contributed by atoms with E-state index in [4.69, 9.17) is 0 Å². The summed E-state index contributed by atoms with van der Waals surface area (Å²) >= 11 is 1.62. The Balaban J connectivity index is 1.67. The number of hydrogen-bond donors (Lipinski definition) is 0. The van der Waals surface area contributed by atoms with E-state index in [1.807, 2.05) is 28.5 Å². The molecule has 5 nitrogen and oxygen atoms in total. The Labute approximate surface area is 144 Å². The number of benzene rings is 1. The summed E-state index contributed by atoms with van der Waals surface area (Å²) in [6.07, 6.45) is 0. The van der Waals surface area contributed by atoms with Crippen molar-refractivity contribution in [2.45, 2.75) is 39.3 Å². The number of thiophene rings is 1. The molecule has 2 aromatic heterocycles. The van der Waals surface area contributed by atoms with Crippen LogP contribution in [0, 0.1) is 0 Å². The summed E-state index contributed by atoms with van der Waals surface area (Å²) in [5.74, 6) is 2.30. The van der Waals surface area contributed by atoms with E-state index in [0.29, 0.717) is 19.0 Å². The number of carbonyl (C=O) groups is 1. The molecule has 0 fully saturated rings. The average Bonchev–Trinajstić information content (AvgIpc) is 3.18. The highest BCUT2D eigenvalue weighted by molar-refractivity contribution is 7.17. The van der Waals surface area contributed by atoms with Crippen LogP contribution >= 0.6 is 11.3 Å². The average molecular weight is 340 g/mol. The molecule has 0 unspecified atom stereocenters. The van der Waals surface area contributed by atoms with Gasteiger partial charge in [-0.1, -0.05) is 32.0 Å². The van der Waals surface area contributed by atoms with Gasteiger partial charge in [0, 0.05) is 27.9 Å². The SMILES string of the molecule is CC(C)c1nnc2n1[C@@H](C)CN(C(=O)c1csc3ccccc13)C2. The fourth-order valence-electron chi connectivity index (χ4n) is 3.42. The molecular weight excluding hydrogens is 320 g/mol. The fraction of sp³-hybridized carbons (Fsp3) is 0.389. The molecule has 24 heavy (non-hydrogen) atoms. The standard InChI is InChI=1S/C18H20N4OS/c1-11(2)17-20-19-16-9-21(8-12(3)22(16)17)18(23)14-10-24-15-7-5-4-6-13(14)15/h4-7,10-12H,8-9H2,1-3H3/t12-/m0/s1. The minimum atomic E-state index is 0.0830. The molecule has 1 aliphatic rings. The lowest BCUT2D eigenvalue weighted by atomic mass is 10.1. The molecule has 3 aromatic rings. The molecule has 0 saturated heterocycles. The Morgan fingerprint density at radius 3 is 2.88 bits per heavy atom. The number of nitrogens with zero attached hydrogens (tertiary/aromatic N) is 4. The lowest BCUT2D eigenvalue weighted by Gasteiger charge is -2.33. The van der Waals surface area contributed by atoms with Crippen molar-refractivity contribution >= 4 is 27.3 Å². The molecule has 0 spiro atoms. The van der Waals surface area contributed by atoms with Gasteiger partial charge in [0.25, 0.3) is 5.91 Å². The second-order valence-electron chi connectivity index (χ2n) is 6.68. The molecule has 0 radical (unpaired) electrons. The summed E-state index contributed by atoms with van der Waals surface area (Å²) in [5, 5.41) is 11.7. The first-order chi connectivity index (χ1) is 11.6. The van der Waals surface area contributed by atoms with Gasteiger partial charge in [-0.25, -0.2) is 0 Å². The van der Waals surface area contributed by atoms with Crippen molar-refractivity contribution < 1.29 is 4.79 Å². The predicted molar refractivity (Wildman–Crippen MR) is 95.4 cm³/mol. The first-order valence-electron chi connectivity index (χ1n) is 8.25. The molecule has 0 bridgehead atoms. The van der Waals surface area contributed by atoms with Gasteiger partial charge in [-0.15, -0.1) is 21.5 Å². The van der Waals surface area contributed by atoms with Crippen molar-refractivity contribution in [3.8, 4) is 0 Å². The maximum absolute atomic E-state index is 13.0. The topological polar surface area (TPSA) is 51.0 Å². The molecule has 6 heteroatoms. The van der Waals surface area contributed by atoms with Gasteiger partial charge in [0.2, 0.25) is 0 Å². The van der Waals surface area contributed by atoms with Gasteiger partial charge in [-0.05, 0) is 13.0 Å². The highest BCUT2D eigenvalue weighted by atomic mass is 32.1. The minimum Gasteiger partial charge on any atom is -0.329 e. The number of amides is 1. The van der Waals surface area contributed by atoms with Crippen molar-refractivity contribution in [3.63, 3.8) is 0 Å². The maximum Gasteiger partial charge on any atom is 0.255 e. The van der Waals surface area contributed by atoms with Crippen molar-refractivity contribution in [2.75, 3.05) is 6.54 Å². The summed E-state index contributed by atoms with van der Waals surface area (Å²) in [4.78, 5) is 14.9. The number of aromatic nitrogens is 3. The van der Waals surface area contributed by atoms with E-state index in [9.17, 15) is 4.79 Å². The van der Waals surface area contributed by atoms with E-state index in [2.05, 4.69) is 41.6 Å². The van der Waals surface area contributed by atoms with E-state index >= 15 is 0 Å². The lowest BCUT2D eigenvalue weighted by molar-refractivity contribution is 0.0682. The summed E-state index contributed by atoms with van der Waals surface area (Å²) in [7, 11) is 0. The molecule has 4 rings (SSSR count). The molecule has 0 aliphatic carbocycles. The monoisotopic (exact) mass is 340 g/mol. The number of fused-ring (bicyclic) bond motifs is 2. The van der Waals surface area contributed by atoms with Crippen LogP contribution < -0.4 is 0 Å². The summed E-state index contributed by atoms with van der Waals surface area (Å²) in [6.45, 7) is 7.59. The van der Waals surface area contributed by atoms with Crippen molar-refractivity contribution in [1.82, 2.24) is 19.7 Å². The van der Waals surface area contributed by atoms with Crippen molar-refractivity contribution in [2.24, 2.45) is 0 Å². The third-order valence-electron chi connectivity index (χ3n) is 4.57. The summed E-state index contributed by atoms with van der Waals surface area (Å²) in [6, 6.07) is 8.25. The van der Waals surface area contributed by atoms with Gasteiger partial charge < -0.3 is 9.47 Å². The minimum absolute atomic E-state index is 0.0830. The van der Waals surface area contributed by atoms with Gasteiger partial charge in [-0.2, -0.15) is 0 Å². The second kappa shape index (κ2) is 5.70. The molecule has 1 amide bonds. The Kier molecular flexibility index (Phi) is 3.64. The van der Waals surface area contributed by atoms with Crippen LogP contribution in [0.1, 0.15) is 54.7 Å². The molecule has 0 N–H and O–H groups in total. The quantitative estimate of drug-likeness (QED) is 0.712. The highest BCUT2D eigenvalue weighted by Crippen LogP contribution is 2.30. The molecule has 1 atom stereocenters. The summed E-state index contributed by atoms with van der Waals surface area (Å²) in [5.41, 5.74) is 0.792. The number of hydrogen-bond acceptors (Lipinski definition) is 4. The van der Waals surface area contributed by atoms with Gasteiger partial charge in [0.1, 0.15) is 5.82 Å². The number of carbonyl (C=O) groups excluding carboxylic acids is 1. The zero-order chi connectivity index (χ0) is 16.8. The Hall–Kier alpha value is -2.21. The van der Waals surface area contributed by atoms with Crippen LogP contribution in [0.3, 0.4) is 0 Å². The first-order valence-corrected chi connectivity index (χ1v) is 9.13. The van der Waals surface area contributed by atoms with Crippen LogP contribution in [0.15, 0.2) is 29.6 Å². The van der Waals surface area contributed by atoms with Gasteiger partial charge in [-0.3, -0.25) is 4.79 Å². The van der Waals surface area contributed by atoms with Gasteiger partial charge >= 0.3 is 0 Å². The smallest absolute Gasteiger partial charge is 0.255 e. The Morgan fingerprint density at radius 2 is 2.08 bits per heavy atom. The van der Waals surface area contributed by atoms with E-state index in [1.54, 1.807) is 11.3 Å². The van der Waals surface area contributed by atoms with Crippen molar-refractivity contribution in [3.05, 3.63) is 46.9 Å². The molecule has 124 valence electrons. The molecular formula is C18H20N4OS. The molecule has 1 aromatic carbocycles. The lowest BCUT2D eigenvalue weighted by Crippen LogP contribution is -2.40. The third kappa shape index (κ3) is 2.33. The van der Waals surface area contributed by atoms with Gasteiger partial charge in [0.15, 0.2) is 5.82 Å².